The molecule has 0 unspecified atom stereocenters. The molecule has 0 bridgehead atoms. The number of hydrogen-bond donors (Lipinski definition) is 1. The molecular weight excluding hydrogens is 310 g/mol. The van der Waals surface area contributed by atoms with Crippen LogP contribution in [0, 0.1) is 0 Å². The molecule has 0 radical (unpaired) electrons. The van der Waals surface area contributed by atoms with Gasteiger partial charge in [0.05, 0.1) is 6.04 Å². The van der Waals surface area contributed by atoms with E-state index in [0.29, 0.717) is 10.4 Å². The van der Waals surface area contributed by atoms with Crippen molar-refractivity contribution in [2.45, 2.75) is 19.6 Å². The lowest BCUT2D eigenvalue weighted by Gasteiger charge is -2.11. The molecule has 0 fully saturated rings. The van der Waals surface area contributed by atoms with Crippen LogP contribution in [0.15, 0.2) is 51.6 Å². The molecule has 5 heteroatoms. The van der Waals surface area contributed by atoms with Gasteiger partial charge in [-0.1, -0.05) is 30.3 Å². The Morgan fingerprint density at radius 2 is 2.05 bits per heavy atom. The summed E-state index contributed by atoms with van der Waals surface area (Å²) in [6, 6.07) is 12.9. The van der Waals surface area contributed by atoms with E-state index < -0.39 is 6.09 Å². The van der Waals surface area contributed by atoms with E-state index in [2.05, 4.69) is 21.2 Å². The average Bonchev–Trinajstić information content (AvgIpc) is 2.84. The fourth-order valence-corrected chi connectivity index (χ4v) is 1.89. The van der Waals surface area contributed by atoms with Gasteiger partial charge in [0.15, 0.2) is 4.67 Å². The normalized spacial score (nSPS) is 11.9. The zero-order valence-corrected chi connectivity index (χ0v) is 12.0. The van der Waals surface area contributed by atoms with Crippen LogP contribution < -0.4 is 5.32 Å². The second kappa shape index (κ2) is 6.43. The maximum atomic E-state index is 11.6. The van der Waals surface area contributed by atoms with Gasteiger partial charge in [-0.2, -0.15) is 0 Å². The lowest BCUT2D eigenvalue weighted by molar-refractivity contribution is 0.135. The molecule has 0 saturated heterocycles. The van der Waals surface area contributed by atoms with Gasteiger partial charge in [-0.05, 0) is 40.5 Å². The van der Waals surface area contributed by atoms with E-state index >= 15 is 0 Å². The molecule has 2 rings (SSSR count). The molecular formula is C14H14BrNO3. The summed E-state index contributed by atoms with van der Waals surface area (Å²) in [5.41, 5.74) is 0.950. The van der Waals surface area contributed by atoms with Crippen molar-refractivity contribution in [1.29, 1.82) is 0 Å². The van der Waals surface area contributed by atoms with E-state index in [9.17, 15) is 4.79 Å². The summed E-state index contributed by atoms with van der Waals surface area (Å²) >= 11 is 3.22. The van der Waals surface area contributed by atoms with Crippen molar-refractivity contribution in [3.8, 4) is 0 Å². The standard InChI is InChI=1S/C14H14BrNO3/c1-10(12-7-8-13(15)19-12)16-14(17)18-9-11-5-3-2-4-6-11/h2-8,10H,9H2,1H3,(H,16,17)/t10-/m0/s1. The molecule has 0 spiro atoms. The molecule has 100 valence electrons. The minimum absolute atomic E-state index is 0.241. The Bertz CT molecular complexity index is 539. The van der Waals surface area contributed by atoms with Gasteiger partial charge in [0.25, 0.3) is 0 Å². The van der Waals surface area contributed by atoms with Crippen LogP contribution in [0.1, 0.15) is 24.3 Å². The zero-order chi connectivity index (χ0) is 13.7. The second-order valence-corrected chi connectivity index (χ2v) is 4.85. The molecule has 1 amide bonds. The molecule has 1 atom stereocenters. The van der Waals surface area contributed by atoms with Gasteiger partial charge in [0, 0.05) is 0 Å². The highest BCUT2D eigenvalue weighted by Crippen LogP contribution is 2.20. The Morgan fingerprint density at radius 1 is 1.32 bits per heavy atom. The molecule has 0 aliphatic rings. The van der Waals surface area contributed by atoms with Gasteiger partial charge in [-0.3, -0.25) is 0 Å². The predicted molar refractivity (Wildman–Crippen MR) is 74.6 cm³/mol. The number of amides is 1. The number of halogens is 1. The van der Waals surface area contributed by atoms with E-state index in [1.807, 2.05) is 37.3 Å². The average molecular weight is 324 g/mol. The maximum absolute atomic E-state index is 11.6. The number of rotatable bonds is 4. The smallest absolute Gasteiger partial charge is 0.408 e. The first-order valence-electron chi connectivity index (χ1n) is 5.87. The summed E-state index contributed by atoms with van der Waals surface area (Å²) in [5.74, 6) is 0.670. The Balaban J connectivity index is 1.81. The van der Waals surface area contributed by atoms with Crippen LogP contribution in [0.3, 0.4) is 0 Å². The molecule has 2 aromatic rings. The van der Waals surface area contributed by atoms with Crippen LogP contribution >= 0.6 is 15.9 Å². The van der Waals surface area contributed by atoms with Gasteiger partial charge < -0.3 is 14.5 Å². The summed E-state index contributed by atoms with van der Waals surface area (Å²) in [6.07, 6.45) is -0.469. The van der Waals surface area contributed by atoms with Crippen molar-refractivity contribution >= 4 is 22.0 Å². The van der Waals surface area contributed by atoms with Crippen LogP contribution in [0.2, 0.25) is 0 Å². The first-order chi connectivity index (χ1) is 9.15. The minimum atomic E-state index is -0.469. The monoisotopic (exact) mass is 323 g/mol. The van der Waals surface area contributed by atoms with Crippen molar-refractivity contribution in [3.63, 3.8) is 0 Å². The number of hydrogen-bond acceptors (Lipinski definition) is 3. The van der Waals surface area contributed by atoms with Gasteiger partial charge >= 0.3 is 6.09 Å². The molecule has 1 N–H and O–H groups in total. The fraction of sp³-hybridized carbons (Fsp3) is 0.214. The zero-order valence-electron chi connectivity index (χ0n) is 10.4. The number of furan rings is 1. The molecule has 0 saturated carbocycles. The van der Waals surface area contributed by atoms with Gasteiger partial charge in [-0.25, -0.2) is 4.79 Å². The van der Waals surface area contributed by atoms with Crippen molar-refractivity contribution < 1.29 is 13.9 Å². The van der Waals surface area contributed by atoms with E-state index in [0.717, 1.165) is 5.56 Å². The molecule has 1 aromatic heterocycles. The summed E-state index contributed by atoms with van der Waals surface area (Å²) in [6.45, 7) is 2.08. The first kappa shape index (κ1) is 13.7. The Kier molecular flexibility index (Phi) is 4.63. The number of alkyl carbamates (subject to hydrolysis) is 1. The van der Waals surface area contributed by atoms with Crippen LogP contribution in [0.25, 0.3) is 0 Å². The molecule has 1 aromatic carbocycles. The molecule has 1 heterocycles. The number of benzene rings is 1. The van der Waals surface area contributed by atoms with E-state index in [1.165, 1.54) is 0 Å². The van der Waals surface area contributed by atoms with E-state index in [4.69, 9.17) is 9.15 Å². The number of nitrogens with one attached hydrogen (secondary N) is 1. The van der Waals surface area contributed by atoms with Crippen LogP contribution in [-0.2, 0) is 11.3 Å². The summed E-state index contributed by atoms with van der Waals surface area (Å²) in [5, 5.41) is 2.70. The molecule has 4 nitrogen and oxygen atoms in total. The van der Waals surface area contributed by atoms with E-state index in [1.54, 1.807) is 12.1 Å². The van der Waals surface area contributed by atoms with Crippen molar-refractivity contribution in [1.82, 2.24) is 5.32 Å². The fourth-order valence-electron chi connectivity index (χ4n) is 1.57. The van der Waals surface area contributed by atoms with Crippen molar-refractivity contribution in [2.24, 2.45) is 0 Å². The van der Waals surface area contributed by atoms with Crippen LogP contribution in [0.5, 0.6) is 0 Å². The first-order valence-corrected chi connectivity index (χ1v) is 6.67. The quantitative estimate of drug-likeness (QED) is 0.924. The highest BCUT2D eigenvalue weighted by Gasteiger charge is 2.13. The Labute approximate surface area is 119 Å². The maximum Gasteiger partial charge on any atom is 0.408 e. The third kappa shape index (κ3) is 4.13. The Morgan fingerprint density at radius 3 is 2.68 bits per heavy atom. The molecule has 0 aliphatic carbocycles. The van der Waals surface area contributed by atoms with Gasteiger partial charge in [0.1, 0.15) is 12.4 Å². The number of carbonyl (C=O) groups is 1. The summed E-state index contributed by atoms with van der Waals surface area (Å²) in [7, 11) is 0. The lowest BCUT2D eigenvalue weighted by atomic mass is 10.2. The largest absolute Gasteiger partial charge is 0.452 e. The second-order valence-electron chi connectivity index (χ2n) is 4.07. The van der Waals surface area contributed by atoms with E-state index in [-0.39, 0.29) is 12.6 Å². The summed E-state index contributed by atoms with van der Waals surface area (Å²) in [4.78, 5) is 11.6. The summed E-state index contributed by atoms with van der Waals surface area (Å²) < 4.78 is 11.1. The highest BCUT2D eigenvalue weighted by atomic mass is 79.9. The predicted octanol–water partition coefficient (Wildman–Crippen LogP) is 4.03. The topological polar surface area (TPSA) is 51.5 Å². The van der Waals surface area contributed by atoms with Crippen LogP contribution in [0.4, 0.5) is 4.79 Å². The third-order valence-corrected chi connectivity index (χ3v) is 2.99. The minimum Gasteiger partial charge on any atom is -0.452 e. The molecule has 19 heavy (non-hydrogen) atoms. The van der Waals surface area contributed by atoms with Crippen molar-refractivity contribution in [2.75, 3.05) is 0 Å². The van der Waals surface area contributed by atoms with Gasteiger partial charge in [0.2, 0.25) is 0 Å². The SMILES string of the molecule is C[C@H](NC(=O)OCc1ccccc1)c1ccc(Br)o1. The van der Waals surface area contributed by atoms with Gasteiger partial charge in [-0.15, -0.1) is 0 Å². The Hall–Kier alpha value is -1.75. The highest BCUT2D eigenvalue weighted by molar-refractivity contribution is 9.10. The van der Waals surface area contributed by atoms with Crippen molar-refractivity contribution in [3.05, 3.63) is 58.5 Å². The third-order valence-electron chi connectivity index (χ3n) is 2.57. The number of carbonyl (C=O) groups excluding carboxylic acids is 1. The van der Waals surface area contributed by atoms with Crippen LogP contribution in [-0.4, -0.2) is 6.09 Å². The number of ether oxygens (including phenoxy) is 1. The molecule has 0 aliphatic heterocycles. The lowest BCUT2D eigenvalue weighted by Crippen LogP contribution is -2.27.